The third-order valence-corrected chi connectivity index (χ3v) is 7.03. The minimum Gasteiger partial charge on any atom is -0.428 e. The maximum atomic E-state index is 12.9. The van der Waals surface area contributed by atoms with E-state index in [1.807, 2.05) is 6.26 Å². The van der Waals surface area contributed by atoms with Crippen LogP contribution in [0.1, 0.15) is 12.6 Å². The van der Waals surface area contributed by atoms with E-state index in [2.05, 4.69) is 20.2 Å². The zero-order valence-corrected chi connectivity index (χ0v) is 19.3. The first-order chi connectivity index (χ1) is 15.3. The summed E-state index contributed by atoms with van der Waals surface area (Å²) in [5.74, 6) is -1.82. The number of nitrogens with zero attached hydrogens (tertiary/aromatic N) is 3. The number of ether oxygens (including phenoxy) is 2. The summed E-state index contributed by atoms with van der Waals surface area (Å²) < 4.78 is 9.63. The molecule has 32 heavy (non-hydrogen) atoms. The molecule has 1 unspecified atom stereocenters. The summed E-state index contributed by atoms with van der Waals surface area (Å²) >= 11 is 3.91. The zero-order valence-electron chi connectivity index (χ0n) is 16.9. The van der Waals surface area contributed by atoms with Crippen molar-refractivity contribution in [2.75, 3.05) is 30.3 Å². The predicted octanol–water partition coefficient (Wildman–Crippen LogP) is -0.0156. The molecule has 1 fully saturated rings. The highest BCUT2D eigenvalue weighted by molar-refractivity contribution is 8.00. The molecule has 0 spiro atoms. The van der Waals surface area contributed by atoms with Crippen LogP contribution in [0.15, 0.2) is 21.8 Å². The highest BCUT2D eigenvalue weighted by Crippen LogP contribution is 2.41. The van der Waals surface area contributed by atoms with Crippen molar-refractivity contribution >= 4 is 69.5 Å². The van der Waals surface area contributed by atoms with Gasteiger partial charge in [-0.2, -0.15) is 11.8 Å². The van der Waals surface area contributed by atoms with Gasteiger partial charge in [0.05, 0.1) is 0 Å². The molecule has 1 aromatic heterocycles. The molecule has 0 aliphatic carbocycles. The number of thioether (sulfide) groups is 2. The molecule has 3 heterocycles. The molecule has 1 aromatic rings. The molecule has 15 heteroatoms. The van der Waals surface area contributed by atoms with Crippen LogP contribution in [0.3, 0.4) is 0 Å². The Morgan fingerprint density at radius 3 is 2.78 bits per heavy atom. The van der Waals surface area contributed by atoms with E-state index in [0.717, 1.165) is 11.3 Å². The number of anilines is 1. The molecular formula is C17H19N5O7S3. The second-order valence-corrected chi connectivity index (χ2v) is 9.31. The van der Waals surface area contributed by atoms with E-state index < -0.39 is 42.0 Å². The quantitative estimate of drug-likeness (QED) is 0.109. The Bertz CT molecular complexity index is 1010. The average molecular weight is 502 g/mol. The monoisotopic (exact) mass is 501 g/mol. The van der Waals surface area contributed by atoms with E-state index in [1.54, 1.807) is 0 Å². The van der Waals surface area contributed by atoms with E-state index in [1.165, 1.54) is 40.7 Å². The fourth-order valence-corrected chi connectivity index (χ4v) is 5.62. The third-order valence-electron chi connectivity index (χ3n) is 4.38. The summed E-state index contributed by atoms with van der Waals surface area (Å²) in [7, 11) is 0. The largest absolute Gasteiger partial charge is 0.428 e. The number of nitrogens with one attached hydrogen (secondary N) is 1. The Morgan fingerprint density at radius 2 is 2.19 bits per heavy atom. The van der Waals surface area contributed by atoms with Crippen molar-refractivity contribution in [2.24, 2.45) is 5.16 Å². The number of nitrogen functional groups attached to an aromatic ring is 1. The molecule has 0 bridgehead atoms. The lowest BCUT2D eigenvalue weighted by Gasteiger charge is -2.49. The van der Waals surface area contributed by atoms with Gasteiger partial charge in [-0.25, -0.2) is 9.78 Å². The number of nitrogens with two attached hydrogens (primary N) is 1. The molecular weight excluding hydrogens is 482 g/mol. The molecule has 0 saturated carbocycles. The second kappa shape index (κ2) is 10.2. The Hall–Kier alpha value is -2.78. The fraction of sp³-hybridized carbons (Fsp3) is 0.412. The Kier molecular flexibility index (Phi) is 7.63. The van der Waals surface area contributed by atoms with Crippen LogP contribution in [-0.2, 0) is 28.7 Å². The Morgan fingerprint density at radius 1 is 1.44 bits per heavy atom. The van der Waals surface area contributed by atoms with Crippen LogP contribution in [0.4, 0.5) is 5.13 Å². The van der Waals surface area contributed by atoms with Gasteiger partial charge < -0.3 is 25.7 Å². The number of rotatable bonds is 8. The van der Waals surface area contributed by atoms with Gasteiger partial charge in [0.1, 0.15) is 22.8 Å². The van der Waals surface area contributed by atoms with Crippen LogP contribution >= 0.6 is 34.9 Å². The molecule has 2 atom stereocenters. The standard InChI is InChI=1S/C17H19N5O7S3/c1-7(23)28-6-29-16(26)12-8(3-30-2)4-31-15-11(14(25)22(12)15)20-13(24)10(21-27)9-5-32-17(18)19-9/h5,11,15,27H,3-4,6H2,1-2H3,(H2,18,19)(H,20,24)/t11?,15-/m1/s1. The van der Waals surface area contributed by atoms with E-state index >= 15 is 0 Å². The van der Waals surface area contributed by atoms with Crippen molar-refractivity contribution in [1.29, 1.82) is 0 Å². The number of hydrogen-bond acceptors (Lipinski definition) is 13. The van der Waals surface area contributed by atoms with Gasteiger partial charge in [0.25, 0.3) is 11.8 Å². The number of carbonyl (C=O) groups is 4. The molecule has 172 valence electrons. The van der Waals surface area contributed by atoms with Crippen LogP contribution in [0, 0.1) is 0 Å². The van der Waals surface area contributed by atoms with E-state index in [-0.39, 0.29) is 22.2 Å². The lowest BCUT2D eigenvalue weighted by molar-refractivity contribution is -0.166. The van der Waals surface area contributed by atoms with Crippen LogP contribution in [0.2, 0.25) is 0 Å². The van der Waals surface area contributed by atoms with Crippen molar-refractivity contribution in [2.45, 2.75) is 18.3 Å². The van der Waals surface area contributed by atoms with Gasteiger partial charge in [0.15, 0.2) is 10.8 Å². The molecule has 0 radical (unpaired) electrons. The first-order valence-electron chi connectivity index (χ1n) is 8.98. The maximum Gasteiger partial charge on any atom is 0.357 e. The number of carbonyl (C=O) groups excluding carboxylic acids is 4. The van der Waals surface area contributed by atoms with Crippen molar-refractivity contribution in [1.82, 2.24) is 15.2 Å². The Balaban J connectivity index is 1.74. The van der Waals surface area contributed by atoms with Gasteiger partial charge in [-0.1, -0.05) is 5.16 Å². The summed E-state index contributed by atoms with van der Waals surface area (Å²) in [4.78, 5) is 54.1. The Labute approximate surface area is 194 Å². The number of thiazole rings is 1. The van der Waals surface area contributed by atoms with Crippen LogP contribution in [0.25, 0.3) is 0 Å². The van der Waals surface area contributed by atoms with Crippen molar-refractivity contribution in [3.63, 3.8) is 0 Å². The van der Waals surface area contributed by atoms with Crippen LogP contribution in [-0.4, -0.2) is 80.5 Å². The molecule has 2 aliphatic rings. The first kappa shape index (κ1) is 23.9. The number of β-lactam (4-membered cyclic amide) rings is 1. The smallest absolute Gasteiger partial charge is 0.357 e. The zero-order chi connectivity index (χ0) is 23.4. The number of esters is 2. The van der Waals surface area contributed by atoms with Crippen molar-refractivity contribution in [3.8, 4) is 0 Å². The molecule has 4 N–H and O–H groups in total. The summed E-state index contributed by atoms with van der Waals surface area (Å²) in [5.41, 5.74) is 6.01. The minimum absolute atomic E-state index is 0.0734. The van der Waals surface area contributed by atoms with Gasteiger partial charge in [0, 0.05) is 23.8 Å². The number of hydrogen-bond donors (Lipinski definition) is 3. The third kappa shape index (κ3) is 4.83. The van der Waals surface area contributed by atoms with Crippen LogP contribution in [0.5, 0.6) is 0 Å². The molecule has 2 aliphatic heterocycles. The maximum absolute atomic E-state index is 12.9. The van der Waals surface area contributed by atoms with Crippen LogP contribution < -0.4 is 11.1 Å². The average Bonchev–Trinajstić information content (AvgIpc) is 3.17. The first-order valence-corrected chi connectivity index (χ1v) is 12.3. The lowest BCUT2D eigenvalue weighted by Crippen LogP contribution is -2.71. The van der Waals surface area contributed by atoms with Gasteiger partial charge in [0.2, 0.25) is 6.79 Å². The normalized spacial score (nSPS) is 20.4. The highest BCUT2D eigenvalue weighted by atomic mass is 32.2. The van der Waals surface area contributed by atoms with E-state index in [0.29, 0.717) is 17.1 Å². The number of aromatic nitrogens is 1. The SMILES string of the molecule is CSCC1=C(C(=O)OCOC(C)=O)N2C(=O)C(NC(=O)C(=NO)c3csc(N)n3)[C@H]2SC1. The van der Waals surface area contributed by atoms with Crippen molar-refractivity contribution in [3.05, 3.63) is 22.3 Å². The van der Waals surface area contributed by atoms with Gasteiger partial charge in [-0.15, -0.1) is 23.1 Å². The van der Waals surface area contributed by atoms with E-state index in [4.69, 9.17) is 10.5 Å². The lowest BCUT2D eigenvalue weighted by atomic mass is 10.0. The van der Waals surface area contributed by atoms with E-state index in [9.17, 15) is 24.4 Å². The molecule has 12 nitrogen and oxygen atoms in total. The highest BCUT2D eigenvalue weighted by Gasteiger charge is 2.54. The summed E-state index contributed by atoms with van der Waals surface area (Å²) in [6.07, 6.45) is 1.85. The molecule has 0 aromatic carbocycles. The number of amides is 2. The summed E-state index contributed by atoms with van der Waals surface area (Å²) in [6, 6.07) is -0.952. The molecule has 1 saturated heterocycles. The van der Waals surface area contributed by atoms with Gasteiger partial charge >= 0.3 is 11.9 Å². The number of oxime groups is 1. The number of fused-ring (bicyclic) bond motifs is 1. The van der Waals surface area contributed by atoms with Gasteiger partial charge in [-0.05, 0) is 11.8 Å². The topological polar surface area (TPSA) is 174 Å². The fourth-order valence-electron chi connectivity index (χ4n) is 3.01. The minimum atomic E-state index is -0.952. The van der Waals surface area contributed by atoms with Crippen molar-refractivity contribution < 1.29 is 33.9 Å². The predicted molar refractivity (Wildman–Crippen MR) is 118 cm³/mol. The summed E-state index contributed by atoms with van der Waals surface area (Å²) in [5, 5.41) is 15.8. The summed E-state index contributed by atoms with van der Waals surface area (Å²) in [6.45, 7) is 0.604. The second-order valence-electron chi connectivity index (χ2n) is 6.45. The van der Waals surface area contributed by atoms with Gasteiger partial charge in [-0.3, -0.25) is 19.3 Å². The molecule has 2 amide bonds. The molecule has 3 rings (SSSR count).